The van der Waals surface area contributed by atoms with Crippen LogP contribution in [-0.4, -0.2) is 36.5 Å². The number of hydrogen-bond donors (Lipinski definition) is 1. The third kappa shape index (κ3) is 2.46. The highest BCUT2D eigenvalue weighted by molar-refractivity contribution is 6.06. The van der Waals surface area contributed by atoms with Crippen molar-refractivity contribution in [1.29, 1.82) is 0 Å². The second kappa shape index (κ2) is 5.63. The monoisotopic (exact) mass is 280 g/mol. The fourth-order valence-electron chi connectivity index (χ4n) is 2.44. The van der Waals surface area contributed by atoms with Crippen molar-refractivity contribution in [3.05, 3.63) is 36.1 Å². The van der Waals surface area contributed by atoms with Gasteiger partial charge in [-0.2, -0.15) is 0 Å². The van der Waals surface area contributed by atoms with Crippen molar-refractivity contribution in [3.63, 3.8) is 0 Å². The second-order valence-electron chi connectivity index (χ2n) is 4.70. The van der Waals surface area contributed by atoms with Gasteiger partial charge in [-0.25, -0.2) is 0 Å². The Balaban J connectivity index is 0.00000133. The molecule has 1 saturated heterocycles. The van der Waals surface area contributed by atoms with Crippen LogP contribution < -0.4 is 5.32 Å². The maximum absolute atomic E-state index is 12.5. The molecule has 1 N–H and O–H groups in total. The first-order valence-corrected chi connectivity index (χ1v) is 6.25. The van der Waals surface area contributed by atoms with E-state index >= 15 is 0 Å². The smallest absolute Gasteiger partial charge is 0.258 e. The predicted molar refractivity (Wildman–Crippen MR) is 76.8 cm³/mol. The summed E-state index contributed by atoms with van der Waals surface area (Å²) in [6.45, 7) is 4.51. The molecule has 1 fully saturated rings. The Kier molecular flexibility index (Phi) is 4.12. The zero-order valence-corrected chi connectivity index (χ0v) is 11.6. The molecule has 0 saturated carbocycles. The van der Waals surface area contributed by atoms with Gasteiger partial charge in [0.15, 0.2) is 0 Å². The number of amides is 1. The molecular formula is C14H17ClN2O2. The summed E-state index contributed by atoms with van der Waals surface area (Å²) in [5.41, 5.74) is 1.43. The number of carbonyl (C=O) groups excluding carboxylic acids is 1. The standard InChI is InChI=1S/C14H16N2O2.ClH/c1-10-8-15-6-7-16(10)14(17)12-9-18-13-5-3-2-4-11(12)13;/h2-5,9-10,15H,6-8H2,1H3;1H/t10-;/m0./s1. The summed E-state index contributed by atoms with van der Waals surface area (Å²) in [4.78, 5) is 14.4. The molecule has 0 spiro atoms. The molecule has 1 amide bonds. The molecule has 4 nitrogen and oxygen atoms in total. The van der Waals surface area contributed by atoms with E-state index in [2.05, 4.69) is 12.2 Å². The minimum Gasteiger partial charge on any atom is -0.463 e. The Morgan fingerprint density at radius 3 is 3.00 bits per heavy atom. The van der Waals surface area contributed by atoms with Crippen LogP contribution in [0.4, 0.5) is 0 Å². The number of carbonyl (C=O) groups is 1. The lowest BCUT2D eigenvalue weighted by molar-refractivity contribution is 0.0657. The van der Waals surface area contributed by atoms with Crippen molar-refractivity contribution in [2.24, 2.45) is 0 Å². The van der Waals surface area contributed by atoms with Crippen LogP contribution in [0.1, 0.15) is 17.3 Å². The van der Waals surface area contributed by atoms with Crippen molar-refractivity contribution in [2.75, 3.05) is 19.6 Å². The van der Waals surface area contributed by atoms with Crippen LogP contribution >= 0.6 is 12.4 Å². The van der Waals surface area contributed by atoms with Crippen LogP contribution in [0.2, 0.25) is 0 Å². The van der Waals surface area contributed by atoms with Gasteiger partial charge in [-0.15, -0.1) is 12.4 Å². The lowest BCUT2D eigenvalue weighted by Crippen LogP contribution is -2.52. The number of hydrogen-bond acceptors (Lipinski definition) is 3. The number of furan rings is 1. The number of nitrogens with zero attached hydrogens (tertiary/aromatic N) is 1. The number of benzene rings is 1. The zero-order valence-electron chi connectivity index (χ0n) is 10.8. The zero-order chi connectivity index (χ0) is 12.5. The normalized spacial score (nSPS) is 19.2. The van der Waals surface area contributed by atoms with Crippen molar-refractivity contribution >= 4 is 29.3 Å². The molecule has 19 heavy (non-hydrogen) atoms. The quantitative estimate of drug-likeness (QED) is 0.872. The number of rotatable bonds is 1. The van der Waals surface area contributed by atoms with E-state index in [0.29, 0.717) is 5.56 Å². The molecule has 0 unspecified atom stereocenters. The predicted octanol–water partition coefficient (Wildman–Crippen LogP) is 2.29. The van der Waals surface area contributed by atoms with Gasteiger partial charge in [0.25, 0.3) is 5.91 Å². The average Bonchev–Trinajstić information content (AvgIpc) is 2.82. The van der Waals surface area contributed by atoms with Gasteiger partial charge in [0, 0.05) is 31.1 Å². The van der Waals surface area contributed by atoms with E-state index in [1.165, 1.54) is 0 Å². The van der Waals surface area contributed by atoms with Gasteiger partial charge in [-0.3, -0.25) is 4.79 Å². The second-order valence-corrected chi connectivity index (χ2v) is 4.70. The van der Waals surface area contributed by atoms with E-state index in [1.54, 1.807) is 6.26 Å². The highest BCUT2D eigenvalue weighted by atomic mass is 35.5. The summed E-state index contributed by atoms with van der Waals surface area (Å²) >= 11 is 0. The molecule has 3 rings (SSSR count). The molecule has 2 aromatic rings. The maximum Gasteiger partial charge on any atom is 0.258 e. The molecule has 0 radical (unpaired) electrons. The number of fused-ring (bicyclic) bond motifs is 1. The highest BCUT2D eigenvalue weighted by Crippen LogP contribution is 2.23. The van der Waals surface area contributed by atoms with Gasteiger partial charge >= 0.3 is 0 Å². The van der Waals surface area contributed by atoms with Crippen LogP contribution in [0, 0.1) is 0 Å². The lowest BCUT2D eigenvalue weighted by Gasteiger charge is -2.33. The van der Waals surface area contributed by atoms with Gasteiger partial charge in [0.2, 0.25) is 0 Å². The summed E-state index contributed by atoms with van der Waals surface area (Å²) in [6.07, 6.45) is 1.57. The lowest BCUT2D eigenvalue weighted by atomic mass is 10.1. The Morgan fingerprint density at radius 1 is 1.42 bits per heavy atom. The topological polar surface area (TPSA) is 45.5 Å². The minimum atomic E-state index is 0. The summed E-state index contributed by atoms with van der Waals surface area (Å²) < 4.78 is 5.43. The molecular weight excluding hydrogens is 264 g/mol. The first-order valence-electron chi connectivity index (χ1n) is 6.25. The molecule has 1 aromatic heterocycles. The van der Waals surface area contributed by atoms with Gasteiger partial charge in [-0.1, -0.05) is 18.2 Å². The van der Waals surface area contributed by atoms with Gasteiger partial charge < -0.3 is 14.6 Å². The summed E-state index contributed by atoms with van der Waals surface area (Å²) in [6, 6.07) is 7.87. The molecule has 1 aliphatic rings. The van der Waals surface area contributed by atoms with E-state index in [-0.39, 0.29) is 24.4 Å². The molecule has 0 aliphatic carbocycles. The number of piperazine rings is 1. The molecule has 0 bridgehead atoms. The first-order chi connectivity index (χ1) is 8.77. The fourth-order valence-corrected chi connectivity index (χ4v) is 2.44. The summed E-state index contributed by atoms with van der Waals surface area (Å²) in [5.74, 6) is 0.0638. The van der Waals surface area contributed by atoms with Gasteiger partial charge in [0.1, 0.15) is 11.8 Å². The minimum absolute atomic E-state index is 0. The van der Waals surface area contributed by atoms with Crippen molar-refractivity contribution < 1.29 is 9.21 Å². The molecule has 5 heteroatoms. The third-order valence-electron chi connectivity index (χ3n) is 3.47. The Hall–Kier alpha value is -1.52. The van der Waals surface area contributed by atoms with Gasteiger partial charge in [-0.05, 0) is 13.0 Å². The third-order valence-corrected chi connectivity index (χ3v) is 3.47. The SMILES string of the molecule is C[C@H]1CNCCN1C(=O)c1coc2ccccc12.Cl. The van der Waals surface area contributed by atoms with E-state index in [0.717, 1.165) is 30.6 Å². The molecule has 1 aromatic carbocycles. The van der Waals surface area contributed by atoms with Crippen LogP contribution in [0.3, 0.4) is 0 Å². The highest BCUT2D eigenvalue weighted by Gasteiger charge is 2.26. The number of para-hydroxylation sites is 1. The first kappa shape index (κ1) is 13.9. The molecule has 1 atom stereocenters. The summed E-state index contributed by atoms with van der Waals surface area (Å²) in [5, 5.41) is 4.18. The molecule has 2 heterocycles. The maximum atomic E-state index is 12.5. The number of nitrogens with one attached hydrogen (secondary N) is 1. The molecule has 102 valence electrons. The Morgan fingerprint density at radius 2 is 2.21 bits per heavy atom. The van der Waals surface area contributed by atoms with E-state index in [4.69, 9.17) is 4.42 Å². The fraction of sp³-hybridized carbons (Fsp3) is 0.357. The van der Waals surface area contributed by atoms with E-state index in [9.17, 15) is 4.79 Å². The van der Waals surface area contributed by atoms with Gasteiger partial charge in [0.05, 0.1) is 5.56 Å². The van der Waals surface area contributed by atoms with Crippen LogP contribution in [-0.2, 0) is 0 Å². The number of halogens is 1. The van der Waals surface area contributed by atoms with Crippen molar-refractivity contribution in [2.45, 2.75) is 13.0 Å². The Labute approximate surface area is 118 Å². The van der Waals surface area contributed by atoms with Crippen molar-refractivity contribution in [3.8, 4) is 0 Å². The van der Waals surface area contributed by atoms with Crippen molar-refractivity contribution in [1.82, 2.24) is 10.2 Å². The Bertz CT molecular complexity index is 582. The summed E-state index contributed by atoms with van der Waals surface area (Å²) in [7, 11) is 0. The van der Waals surface area contributed by atoms with E-state index < -0.39 is 0 Å². The van der Waals surface area contributed by atoms with Crippen LogP contribution in [0.15, 0.2) is 34.9 Å². The van der Waals surface area contributed by atoms with Crippen LogP contribution in [0.25, 0.3) is 11.0 Å². The average molecular weight is 281 g/mol. The van der Waals surface area contributed by atoms with Crippen LogP contribution in [0.5, 0.6) is 0 Å². The van der Waals surface area contributed by atoms with E-state index in [1.807, 2.05) is 29.2 Å². The molecule has 1 aliphatic heterocycles. The largest absolute Gasteiger partial charge is 0.463 e.